The molecule has 2 aromatic heterocycles. The molecule has 3 aromatic rings. The van der Waals surface area contributed by atoms with Crippen LogP contribution in [0.4, 0.5) is 0 Å². The van der Waals surface area contributed by atoms with Crippen LogP contribution in [0, 0.1) is 0 Å². The highest BCUT2D eigenvalue weighted by Crippen LogP contribution is 2.20. The topological polar surface area (TPSA) is 79.4 Å². The molecule has 1 N–H and O–H groups in total. The first-order valence-corrected chi connectivity index (χ1v) is 9.73. The van der Waals surface area contributed by atoms with E-state index in [9.17, 15) is 0 Å². The fourth-order valence-electron chi connectivity index (χ4n) is 2.56. The first-order chi connectivity index (χ1) is 13.3. The molecule has 1 aliphatic rings. The molecule has 0 aliphatic carbocycles. The van der Waals surface area contributed by atoms with Crippen LogP contribution in [-0.2, 0) is 12.3 Å². The number of hydrogen-bond donors (Lipinski definition) is 1. The van der Waals surface area contributed by atoms with Gasteiger partial charge in [0.05, 0.1) is 19.1 Å². The van der Waals surface area contributed by atoms with Crippen LogP contribution in [0.3, 0.4) is 0 Å². The zero-order valence-corrected chi connectivity index (χ0v) is 16.0. The Hall–Kier alpha value is -2.42. The number of aromatic nitrogens is 3. The van der Waals surface area contributed by atoms with Gasteiger partial charge in [-0.1, -0.05) is 34.6 Å². The van der Waals surface area contributed by atoms with Gasteiger partial charge >= 0.3 is 0 Å². The Balaban J connectivity index is 1.29. The molecule has 138 valence electrons. The first kappa shape index (κ1) is 18.0. The van der Waals surface area contributed by atoms with Gasteiger partial charge in [0.25, 0.3) is 0 Å². The molecule has 0 radical (unpaired) electrons. The molecule has 27 heavy (non-hydrogen) atoms. The van der Waals surface area contributed by atoms with Gasteiger partial charge in [0.2, 0.25) is 11.7 Å². The minimum absolute atomic E-state index is 0.559. The van der Waals surface area contributed by atoms with Crippen molar-refractivity contribution in [3.8, 4) is 11.4 Å². The lowest BCUT2D eigenvalue weighted by atomic mass is 10.2. The van der Waals surface area contributed by atoms with Gasteiger partial charge in [-0.05, 0) is 35.9 Å². The van der Waals surface area contributed by atoms with Crippen molar-refractivity contribution in [2.75, 3.05) is 13.3 Å². The number of benzene rings is 1. The second-order valence-electron chi connectivity index (χ2n) is 5.94. The third-order valence-corrected chi connectivity index (χ3v) is 5.09. The lowest BCUT2D eigenvalue weighted by Gasteiger charge is -2.26. The Bertz CT molecular complexity index is 915. The molecule has 0 atom stereocenters. The van der Waals surface area contributed by atoms with Gasteiger partial charge in [-0.15, -0.1) is 0 Å². The second kappa shape index (κ2) is 8.51. The largest absolute Gasteiger partial charge is 0.352 e. The van der Waals surface area contributed by atoms with Gasteiger partial charge in [0.15, 0.2) is 5.17 Å². The van der Waals surface area contributed by atoms with Gasteiger partial charge < -0.3 is 9.84 Å². The van der Waals surface area contributed by atoms with E-state index in [0.717, 1.165) is 23.9 Å². The summed E-state index contributed by atoms with van der Waals surface area (Å²) in [6.45, 7) is 2.20. The predicted molar refractivity (Wildman–Crippen MR) is 106 cm³/mol. The highest BCUT2D eigenvalue weighted by atomic mass is 35.5. The number of nitrogens with one attached hydrogen (secondary N) is 1. The van der Waals surface area contributed by atoms with Gasteiger partial charge in [-0.3, -0.25) is 9.88 Å². The molecular formula is C18H17ClN6OS. The van der Waals surface area contributed by atoms with Crippen LogP contribution in [-0.4, -0.2) is 38.5 Å². The summed E-state index contributed by atoms with van der Waals surface area (Å²) in [6, 6.07) is 11.4. The molecule has 0 fully saturated rings. The molecular weight excluding hydrogens is 384 g/mol. The molecule has 3 heterocycles. The molecule has 0 spiro atoms. The van der Waals surface area contributed by atoms with Crippen molar-refractivity contribution < 1.29 is 4.52 Å². The Morgan fingerprint density at radius 3 is 2.85 bits per heavy atom. The summed E-state index contributed by atoms with van der Waals surface area (Å²) in [4.78, 5) is 15.3. The monoisotopic (exact) mass is 400 g/mol. The lowest BCUT2D eigenvalue weighted by Crippen LogP contribution is -2.41. The standard InChI is InChI=1S/C18H17ClN6OS/c19-15-5-3-14(4-6-15)17-23-16(26-24-17)10-27-18-21-11-25(12-22-18)9-13-2-1-7-20-8-13/h1-8H,9-12H2,(H,21,22). The summed E-state index contributed by atoms with van der Waals surface area (Å²) in [7, 11) is 0. The molecule has 0 amide bonds. The number of pyridine rings is 1. The predicted octanol–water partition coefficient (Wildman–Crippen LogP) is 3.39. The van der Waals surface area contributed by atoms with Crippen molar-refractivity contribution in [3.63, 3.8) is 0 Å². The van der Waals surface area contributed by atoms with E-state index in [-0.39, 0.29) is 0 Å². The fourth-order valence-corrected chi connectivity index (χ4v) is 3.38. The molecule has 0 saturated carbocycles. The van der Waals surface area contributed by atoms with Crippen molar-refractivity contribution in [3.05, 3.63) is 65.3 Å². The van der Waals surface area contributed by atoms with Crippen LogP contribution in [0.5, 0.6) is 0 Å². The van der Waals surface area contributed by atoms with E-state index in [1.165, 1.54) is 5.56 Å². The normalized spacial score (nSPS) is 14.6. The van der Waals surface area contributed by atoms with E-state index in [2.05, 4.69) is 36.4 Å². The summed E-state index contributed by atoms with van der Waals surface area (Å²) >= 11 is 7.45. The van der Waals surface area contributed by atoms with Gasteiger partial charge in [0.1, 0.15) is 0 Å². The quantitative estimate of drug-likeness (QED) is 0.703. The number of rotatable bonds is 5. The van der Waals surface area contributed by atoms with Gasteiger partial charge in [0, 0.05) is 29.5 Å². The zero-order valence-electron chi connectivity index (χ0n) is 14.4. The molecule has 7 nitrogen and oxygen atoms in total. The maximum atomic E-state index is 5.90. The Kier molecular flexibility index (Phi) is 5.66. The summed E-state index contributed by atoms with van der Waals surface area (Å²) < 4.78 is 5.33. The summed E-state index contributed by atoms with van der Waals surface area (Å²) in [5.74, 6) is 1.69. The Morgan fingerprint density at radius 2 is 2.11 bits per heavy atom. The fraction of sp³-hybridized carbons (Fsp3) is 0.222. The third-order valence-electron chi connectivity index (χ3n) is 3.90. The lowest BCUT2D eigenvalue weighted by molar-refractivity contribution is 0.258. The van der Waals surface area contributed by atoms with Crippen LogP contribution in [0.1, 0.15) is 11.5 Å². The summed E-state index contributed by atoms with van der Waals surface area (Å²) in [5.41, 5.74) is 2.05. The van der Waals surface area contributed by atoms with Crippen molar-refractivity contribution in [2.45, 2.75) is 12.3 Å². The summed E-state index contributed by atoms with van der Waals surface area (Å²) in [6.07, 6.45) is 3.66. The maximum Gasteiger partial charge on any atom is 0.237 e. The van der Waals surface area contributed by atoms with Gasteiger partial charge in [-0.2, -0.15) is 4.98 Å². The second-order valence-corrected chi connectivity index (χ2v) is 7.34. The van der Waals surface area contributed by atoms with Crippen molar-refractivity contribution >= 4 is 28.5 Å². The van der Waals surface area contributed by atoms with E-state index in [1.54, 1.807) is 30.1 Å². The van der Waals surface area contributed by atoms with Crippen LogP contribution in [0.15, 0.2) is 58.3 Å². The maximum absolute atomic E-state index is 5.90. The number of thioether (sulfide) groups is 1. The van der Waals surface area contributed by atoms with Crippen LogP contribution in [0.25, 0.3) is 11.4 Å². The molecule has 0 saturated heterocycles. The van der Waals surface area contributed by atoms with Crippen LogP contribution in [0.2, 0.25) is 5.02 Å². The smallest absolute Gasteiger partial charge is 0.237 e. The van der Waals surface area contributed by atoms with Crippen LogP contribution < -0.4 is 5.32 Å². The molecule has 0 bridgehead atoms. The molecule has 4 rings (SSSR count). The highest BCUT2D eigenvalue weighted by molar-refractivity contribution is 8.13. The van der Waals surface area contributed by atoms with E-state index in [0.29, 0.717) is 29.2 Å². The van der Waals surface area contributed by atoms with Crippen molar-refractivity contribution in [1.29, 1.82) is 0 Å². The highest BCUT2D eigenvalue weighted by Gasteiger charge is 2.15. The van der Waals surface area contributed by atoms with E-state index >= 15 is 0 Å². The molecule has 9 heteroatoms. The SMILES string of the molecule is Clc1ccc(-c2noc(CSC3=NCN(Cc4cccnc4)CN3)n2)cc1. The van der Waals surface area contributed by atoms with Gasteiger partial charge in [-0.25, -0.2) is 4.99 Å². The minimum atomic E-state index is 0.559. The number of amidine groups is 1. The third kappa shape index (κ3) is 4.85. The number of hydrogen-bond acceptors (Lipinski definition) is 8. The minimum Gasteiger partial charge on any atom is -0.352 e. The summed E-state index contributed by atoms with van der Waals surface area (Å²) in [5, 5.41) is 8.90. The Morgan fingerprint density at radius 1 is 1.22 bits per heavy atom. The number of aliphatic imine (C=N–C) groups is 1. The number of halogens is 1. The number of nitrogens with zero attached hydrogens (tertiary/aromatic N) is 5. The zero-order chi connectivity index (χ0) is 18.5. The average Bonchev–Trinajstić information content (AvgIpc) is 3.18. The first-order valence-electron chi connectivity index (χ1n) is 8.37. The van der Waals surface area contributed by atoms with E-state index in [4.69, 9.17) is 16.1 Å². The molecule has 1 aliphatic heterocycles. The average molecular weight is 401 g/mol. The molecule has 0 unspecified atom stereocenters. The Labute approximate surface area is 165 Å². The van der Waals surface area contributed by atoms with E-state index < -0.39 is 0 Å². The van der Waals surface area contributed by atoms with Crippen molar-refractivity contribution in [1.82, 2.24) is 25.3 Å². The van der Waals surface area contributed by atoms with E-state index in [1.807, 2.05) is 24.4 Å². The van der Waals surface area contributed by atoms with Crippen LogP contribution >= 0.6 is 23.4 Å². The molecule has 1 aromatic carbocycles. The van der Waals surface area contributed by atoms with Crippen molar-refractivity contribution in [2.24, 2.45) is 4.99 Å².